The topological polar surface area (TPSA) is 261 Å². The summed E-state index contributed by atoms with van der Waals surface area (Å²) in [6, 6.07) is 0. The first kappa shape index (κ1) is 63.0. The van der Waals surface area contributed by atoms with Crippen molar-refractivity contribution in [3.8, 4) is 0 Å². The Hall–Kier alpha value is -4.03. The number of nitrogens with two attached hydrogens (primary N) is 1. The van der Waals surface area contributed by atoms with Gasteiger partial charge in [-0.2, -0.15) is 0 Å². The van der Waals surface area contributed by atoms with Crippen molar-refractivity contribution in [1.82, 2.24) is 71.9 Å². The van der Waals surface area contributed by atoms with Crippen LogP contribution in [0.15, 0.2) is 0 Å². The summed E-state index contributed by atoms with van der Waals surface area (Å²) in [5, 5.41) is 23.4. The molecule has 0 bridgehead atoms. The Kier molecular flexibility index (Phi) is 38.5. The number of nitrogens with zero attached hydrogens (tertiary/aromatic N) is 6. The van der Waals surface area contributed by atoms with Crippen LogP contribution < -0.4 is 48.3 Å². The minimum atomic E-state index is -0.0575. The van der Waals surface area contributed by atoms with Gasteiger partial charge < -0.3 is 77.7 Å². The van der Waals surface area contributed by atoms with E-state index in [9.17, 15) is 33.6 Å². The van der Waals surface area contributed by atoms with Crippen molar-refractivity contribution >= 4 is 41.4 Å². The highest BCUT2D eigenvalue weighted by atomic mass is 16.2. The molecule has 0 rings (SSSR count). The van der Waals surface area contributed by atoms with Crippen LogP contribution in [0.4, 0.5) is 0 Å². The van der Waals surface area contributed by atoms with Gasteiger partial charge in [-0.3, -0.25) is 33.6 Å². The lowest BCUT2D eigenvalue weighted by Crippen LogP contribution is -2.39. The molecule has 0 fully saturated rings. The Morgan fingerprint density at radius 3 is 0.866 bits per heavy atom. The first-order chi connectivity index (χ1) is 31.9. The third-order valence-electron chi connectivity index (χ3n) is 10.7. The average molecular weight is 956 g/mol. The molecule has 0 unspecified atom stereocenters. The van der Waals surface area contributed by atoms with Crippen LogP contribution in [0.1, 0.15) is 58.8 Å². The van der Waals surface area contributed by atoms with Gasteiger partial charge in [0.05, 0.1) is 0 Å². The van der Waals surface area contributed by atoms with Crippen LogP contribution in [-0.4, -0.2) is 257 Å². The van der Waals surface area contributed by atoms with Crippen molar-refractivity contribution in [3.05, 3.63) is 0 Å². The SMILES string of the molecule is CC(C)CN(C)CCC(=O)NCCNCCC(=O)NCCN(C)CCC(=O)NCCN(C)CCC(=O)NCCN(C)CCC(=O)NCCN(C)CCC(=O)NCCN(C)CCC(=O)NCCN. The van der Waals surface area contributed by atoms with E-state index in [0.29, 0.717) is 182 Å². The van der Waals surface area contributed by atoms with E-state index in [1.807, 2.05) is 66.8 Å². The van der Waals surface area contributed by atoms with Crippen LogP contribution >= 0.6 is 0 Å². The van der Waals surface area contributed by atoms with Gasteiger partial charge in [-0.05, 0) is 48.2 Å². The predicted octanol–water partition coefficient (Wildman–Crippen LogP) is -3.67. The Balaban J connectivity index is 3.84. The molecule has 0 aliphatic carbocycles. The molecular formula is C45H93N15O7. The van der Waals surface area contributed by atoms with Gasteiger partial charge in [-0.15, -0.1) is 0 Å². The maximum Gasteiger partial charge on any atom is 0.221 e. The van der Waals surface area contributed by atoms with Gasteiger partial charge in [0, 0.05) is 189 Å². The Morgan fingerprint density at radius 1 is 0.328 bits per heavy atom. The monoisotopic (exact) mass is 956 g/mol. The van der Waals surface area contributed by atoms with Gasteiger partial charge >= 0.3 is 0 Å². The molecule has 67 heavy (non-hydrogen) atoms. The van der Waals surface area contributed by atoms with E-state index in [1.165, 1.54) is 0 Å². The standard InChI is InChI=1S/C45H93N15O7/c1-38(2)37-60(8)31-15-41(63)49-20-19-47-17-9-39(61)50-21-32-56(4)27-11-42(64)52-23-34-58(6)29-13-44(66)54-25-36-59(7)30-14-45(67)53-24-35-57(5)28-12-43(65)51-22-33-55(3)26-10-40(62)48-18-16-46/h38,47H,9-37,46H2,1-8H3,(H,48,62)(H,49,63)(H,50,61)(H,51,65)(H,52,64)(H,53,67)(H,54,66). The molecule has 10 N–H and O–H groups in total. The number of hydrogen-bond acceptors (Lipinski definition) is 15. The van der Waals surface area contributed by atoms with Crippen molar-refractivity contribution in [2.45, 2.75) is 58.8 Å². The third-order valence-corrected chi connectivity index (χ3v) is 10.7. The van der Waals surface area contributed by atoms with Crippen LogP contribution in [0.3, 0.4) is 0 Å². The molecule has 0 saturated heterocycles. The fraction of sp³-hybridized carbons (Fsp3) is 0.844. The number of carbonyl (C=O) groups excluding carboxylic acids is 7. The summed E-state index contributed by atoms with van der Waals surface area (Å²) in [5.41, 5.74) is 5.39. The molecule has 0 heterocycles. The van der Waals surface area contributed by atoms with Crippen molar-refractivity contribution in [2.24, 2.45) is 11.7 Å². The van der Waals surface area contributed by atoms with E-state index in [-0.39, 0.29) is 41.4 Å². The van der Waals surface area contributed by atoms with Crippen LogP contribution in [0.2, 0.25) is 0 Å². The molecule has 0 aromatic heterocycles. The Bertz CT molecular complexity index is 1380. The zero-order chi connectivity index (χ0) is 50.2. The van der Waals surface area contributed by atoms with Crippen LogP contribution in [-0.2, 0) is 33.6 Å². The molecule has 0 aromatic rings. The molecule has 22 nitrogen and oxygen atoms in total. The maximum atomic E-state index is 12.4. The highest BCUT2D eigenvalue weighted by molar-refractivity contribution is 5.78. The minimum Gasteiger partial charge on any atom is -0.355 e. The van der Waals surface area contributed by atoms with Gasteiger partial charge in [0.1, 0.15) is 0 Å². The van der Waals surface area contributed by atoms with E-state index in [0.717, 1.165) is 13.1 Å². The second-order valence-electron chi connectivity index (χ2n) is 17.9. The smallest absolute Gasteiger partial charge is 0.221 e. The summed E-state index contributed by atoms with van der Waals surface area (Å²) in [6.07, 6.45) is 2.56. The molecule has 22 heteroatoms. The summed E-state index contributed by atoms with van der Waals surface area (Å²) < 4.78 is 0. The molecule has 0 saturated carbocycles. The van der Waals surface area contributed by atoms with Gasteiger partial charge in [0.25, 0.3) is 0 Å². The molecular weight excluding hydrogens is 863 g/mol. The normalized spacial score (nSPS) is 11.5. The molecule has 0 atom stereocenters. The van der Waals surface area contributed by atoms with E-state index >= 15 is 0 Å². The van der Waals surface area contributed by atoms with E-state index < -0.39 is 0 Å². The van der Waals surface area contributed by atoms with E-state index in [4.69, 9.17) is 5.73 Å². The highest BCUT2D eigenvalue weighted by Crippen LogP contribution is 1.97. The molecule has 0 aromatic carbocycles. The first-order valence-electron chi connectivity index (χ1n) is 24.3. The average Bonchev–Trinajstić information content (AvgIpc) is 3.27. The summed E-state index contributed by atoms with van der Waals surface area (Å²) >= 11 is 0. The fourth-order valence-electron chi connectivity index (χ4n) is 6.41. The minimum absolute atomic E-state index is 0.0305. The lowest BCUT2D eigenvalue weighted by molar-refractivity contribution is -0.122. The van der Waals surface area contributed by atoms with Gasteiger partial charge in [0.2, 0.25) is 41.4 Å². The number of amides is 7. The number of likely N-dealkylation sites (N-methyl/N-ethyl adjacent to an activating group) is 5. The quantitative estimate of drug-likeness (QED) is 0.0267. The van der Waals surface area contributed by atoms with Crippen molar-refractivity contribution < 1.29 is 33.6 Å². The number of rotatable bonds is 43. The van der Waals surface area contributed by atoms with Crippen molar-refractivity contribution in [1.29, 1.82) is 0 Å². The Labute approximate surface area is 402 Å². The molecule has 7 amide bonds. The summed E-state index contributed by atoms with van der Waals surface area (Å²) in [5.74, 6) is 0.303. The van der Waals surface area contributed by atoms with Crippen molar-refractivity contribution in [3.63, 3.8) is 0 Å². The van der Waals surface area contributed by atoms with Crippen LogP contribution in [0.5, 0.6) is 0 Å². The van der Waals surface area contributed by atoms with E-state index in [1.54, 1.807) is 0 Å². The highest BCUT2D eigenvalue weighted by Gasteiger charge is 2.12. The van der Waals surface area contributed by atoms with Gasteiger partial charge in [0.15, 0.2) is 0 Å². The third kappa shape index (κ3) is 41.9. The zero-order valence-corrected chi connectivity index (χ0v) is 42.7. The van der Waals surface area contributed by atoms with Crippen LogP contribution in [0.25, 0.3) is 0 Å². The molecule has 0 radical (unpaired) electrons. The lowest BCUT2D eigenvalue weighted by Gasteiger charge is -2.19. The molecule has 0 aliphatic rings. The maximum absolute atomic E-state index is 12.4. The van der Waals surface area contributed by atoms with E-state index in [2.05, 4.69) is 61.3 Å². The summed E-state index contributed by atoms with van der Waals surface area (Å²) in [4.78, 5) is 97.4. The zero-order valence-electron chi connectivity index (χ0n) is 42.7. The second-order valence-corrected chi connectivity index (χ2v) is 17.9. The first-order valence-corrected chi connectivity index (χ1v) is 24.3. The largest absolute Gasteiger partial charge is 0.355 e. The molecule has 390 valence electrons. The molecule has 0 spiro atoms. The second kappa shape index (κ2) is 41.0. The summed E-state index contributed by atoms with van der Waals surface area (Å²) in [7, 11) is 11.6. The molecule has 0 aliphatic heterocycles. The Morgan fingerprint density at radius 2 is 0.582 bits per heavy atom. The number of nitrogens with one attached hydrogen (secondary N) is 8. The van der Waals surface area contributed by atoms with Gasteiger partial charge in [-0.1, -0.05) is 13.8 Å². The number of carbonyl (C=O) groups is 7. The number of hydrogen-bond donors (Lipinski definition) is 9. The lowest BCUT2D eigenvalue weighted by atomic mass is 10.2. The van der Waals surface area contributed by atoms with Gasteiger partial charge in [-0.25, -0.2) is 0 Å². The predicted molar refractivity (Wildman–Crippen MR) is 265 cm³/mol. The fourth-order valence-corrected chi connectivity index (χ4v) is 6.41. The summed E-state index contributed by atoms with van der Waals surface area (Å²) in [6.45, 7) is 16.9. The van der Waals surface area contributed by atoms with Crippen LogP contribution in [0, 0.1) is 5.92 Å². The van der Waals surface area contributed by atoms with Crippen molar-refractivity contribution in [2.75, 3.05) is 186 Å².